The Morgan fingerprint density at radius 2 is 1.39 bits per heavy atom. The fraction of sp³-hybridized carbons (Fsp3) is 0.648. The quantitative estimate of drug-likeness (QED) is 0.00859. The Labute approximate surface area is 727 Å². The molecule has 2 saturated heterocycles. The maximum Gasteiger partial charge on any atom is 0.407 e. The van der Waals surface area contributed by atoms with Gasteiger partial charge in [-0.2, -0.15) is 5.10 Å². The van der Waals surface area contributed by atoms with Crippen LogP contribution in [-0.4, -0.2) is 290 Å². The van der Waals surface area contributed by atoms with E-state index >= 15 is 0 Å². The summed E-state index contributed by atoms with van der Waals surface area (Å²) in [7, 11) is 3.12. The summed E-state index contributed by atoms with van der Waals surface area (Å²) >= 11 is 0. The molecule has 2 bridgehead atoms. The van der Waals surface area contributed by atoms with E-state index in [2.05, 4.69) is 43.5 Å². The fourth-order valence-electron chi connectivity index (χ4n) is 16.8. The molecule has 0 spiro atoms. The van der Waals surface area contributed by atoms with Gasteiger partial charge in [0.15, 0.2) is 11.4 Å². The third-order valence-electron chi connectivity index (χ3n) is 24.0. The predicted molar refractivity (Wildman–Crippen MR) is 462 cm³/mol. The van der Waals surface area contributed by atoms with E-state index in [0.717, 1.165) is 39.7 Å². The molecule has 124 heavy (non-hydrogen) atoms. The number of allylic oxidation sites excluding steroid dienone is 6. The number of anilines is 1. The summed E-state index contributed by atoms with van der Waals surface area (Å²) in [5.41, 5.74) is 21.1. The zero-order valence-corrected chi connectivity index (χ0v) is 73.5. The van der Waals surface area contributed by atoms with Gasteiger partial charge in [0, 0.05) is 88.0 Å². The van der Waals surface area contributed by atoms with Crippen LogP contribution in [0.15, 0.2) is 96.7 Å². The molecule has 0 radical (unpaired) electrons. The van der Waals surface area contributed by atoms with Gasteiger partial charge in [-0.15, -0.1) is 0 Å². The van der Waals surface area contributed by atoms with Crippen molar-refractivity contribution in [3.63, 3.8) is 0 Å². The largest absolute Gasteiger partial charge is 0.459 e. The van der Waals surface area contributed by atoms with Crippen LogP contribution in [0.1, 0.15) is 148 Å². The van der Waals surface area contributed by atoms with Gasteiger partial charge in [-0.25, -0.2) is 29.2 Å². The average Bonchev–Trinajstić information content (AvgIpc) is 1.41. The van der Waals surface area contributed by atoms with Crippen LogP contribution in [0, 0.1) is 29.6 Å². The third-order valence-corrected chi connectivity index (χ3v) is 24.0. The number of aliphatic hydroxyl groups is 3. The van der Waals surface area contributed by atoms with Gasteiger partial charge >= 0.3 is 12.1 Å². The van der Waals surface area contributed by atoms with Crippen molar-refractivity contribution in [2.45, 2.75) is 212 Å². The summed E-state index contributed by atoms with van der Waals surface area (Å²) < 4.78 is 77.2. The van der Waals surface area contributed by atoms with Crippen molar-refractivity contribution in [1.82, 2.24) is 44.8 Å². The highest BCUT2D eigenvalue weighted by atomic mass is 16.6. The SMILES string of the molecule is CO[C@H]1C[C@@H]2CC[C@@H](C)[C@@](O)(O2)C(=O)C(=O)N2CCCC[C@H]2C(=O)O[C@H]([C@H](N)C[C@@H]2CC[C@@H](OC(=O)NCCOCCOCCOCCOCCOCCOCCOCCOCCC(=O)N3CCc4cc(Cn5nc(-c6cnc7[nH]ccc7c6)c6c(N)ncnc65)ccc4C3)[C@H](OC)C2)CC[C@H](C)/C=C(\C)[C@@H](O)[C@@H](O)C(=O)[C@H](C)C[C@H](C)/C=C/C=CC=C1C. The molecule has 8 heterocycles. The van der Waals surface area contributed by atoms with Crippen LogP contribution in [0.5, 0.6) is 0 Å². The summed E-state index contributed by atoms with van der Waals surface area (Å²) in [5, 5.41) is 44.0. The van der Waals surface area contributed by atoms with Crippen LogP contribution in [0.4, 0.5) is 10.6 Å². The molecule has 15 atom stereocenters. The van der Waals surface area contributed by atoms with Crippen molar-refractivity contribution >= 4 is 63.3 Å². The van der Waals surface area contributed by atoms with Crippen molar-refractivity contribution in [3.8, 4) is 11.3 Å². The first-order valence-electron chi connectivity index (χ1n) is 44.2. The predicted octanol–water partition coefficient (Wildman–Crippen LogP) is 8.19. The number of benzene rings is 1. The van der Waals surface area contributed by atoms with E-state index < -0.39 is 102 Å². The van der Waals surface area contributed by atoms with Gasteiger partial charge in [0.25, 0.3) is 11.7 Å². The van der Waals surface area contributed by atoms with Gasteiger partial charge in [0.2, 0.25) is 11.7 Å². The van der Waals surface area contributed by atoms with E-state index in [4.69, 9.17) is 78.1 Å². The number of nitrogens with zero attached hydrogens (tertiary/aromatic N) is 7. The second-order valence-corrected chi connectivity index (χ2v) is 33.4. The molecule has 3 fully saturated rings. The minimum atomic E-state index is -2.46. The van der Waals surface area contributed by atoms with Gasteiger partial charge in [0.1, 0.15) is 53.9 Å². The van der Waals surface area contributed by atoms with E-state index in [1.807, 2.05) is 79.1 Å². The second-order valence-electron chi connectivity index (χ2n) is 33.4. The molecule has 3 amide bonds. The number of carbonyl (C=O) groups is 6. The molecular formula is C91H133N11O22. The van der Waals surface area contributed by atoms with Crippen molar-refractivity contribution < 1.29 is 106 Å². The topological polar surface area (TPSA) is 426 Å². The standard InChI is InChI=1S/C91H133N11O22/c1-59-14-10-9-11-15-61(3)76(112-7)54-71-22-18-64(6)91(111,124-71)84(107)88(108)101-30-13-12-16-73(101)89(109)122-74(23-17-60(2)49-63(5)82(105)83(106)81(104)62(4)48-59)72(92)51-65-20-24-75(77(52-65)113-8)123-90(110)95-29-33-115-35-37-117-39-41-119-43-45-121-47-46-120-44-42-118-40-38-116-36-34-114-32-27-78(103)100-31-26-67-50-66(19-21-69(67)57-100)56-102-87-79(85(93)97-58-98-87)80(99-102)70-53-68-25-28-94-86(68)96-55-70/h9-11,14-15,19,21,25,28,49-50,53,55,58-60,62,64-65,71-77,82-83,105-106,111H,12-13,16-18,20,22-24,26-27,29-48,51-52,54,56-57,92H2,1-8H3,(H,94,96)(H,95,110)(H2,93,97,98)/b11-9?,14-10+,61-15?,63-49+/t59-,60+,62-,64-,65+,71+,72-,73+,74+,75-,76+,77-,82-,83+,91-/m1/s1. The molecule has 4 aromatic heterocycles. The zero-order valence-electron chi connectivity index (χ0n) is 73.5. The van der Waals surface area contributed by atoms with Crippen molar-refractivity contribution in [3.05, 3.63) is 113 Å². The van der Waals surface area contributed by atoms with Gasteiger partial charge in [0.05, 0.1) is 142 Å². The van der Waals surface area contributed by atoms with Crippen LogP contribution >= 0.6 is 0 Å². The Balaban J connectivity index is 0.543. The number of pyridine rings is 1. The first-order valence-corrected chi connectivity index (χ1v) is 44.2. The summed E-state index contributed by atoms with van der Waals surface area (Å²) in [4.78, 5) is 103. The Bertz CT molecular complexity index is 4340. The molecular weight excluding hydrogens is 1600 g/mol. The monoisotopic (exact) mass is 1730 g/mol. The van der Waals surface area contributed by atoms with E-state index in [0.29, 0.717) is 217 Å². The van der Waals surface area contributed by atoms with E-state index in [9.17, 15) is 44.1 Å². The maximum absolute atomic E-state index is 14.7. The van der Waals surface area contributed by atoms with Crippen molar-refractivity contribution in [2.24, 2.45) is 35.3 Å². The molecule has 33 nitrogen and oxygen atoms in total. The Morgan fingerprint density at radius 3 is 2.07 bits per heavy atom. The lowest BCUT2D eigenvalue weighted by molar-refractivity contribution is -0.265. The molecule has 1 aromatic carbocycles. The normalized spacial score (nSPS) is 26.7. The number of methoxy groups -OCH3 is 2. The number of H-pyrrole nitrogens is 1. The van der Waals surface area contributed by atoms with E-state index in [1.54, 1.807) is 47.3 Å². The van der Waals surface area contributed by atoms with Crippen molar-refractivity contribution in [2.75, 3.05) is 145 Å². The smallest absolute Gasteiger partial charge is 0.407 e. The van der Waals surface area contributed by atoms with Crippen LogP contribution in [0.25, 0.3) is 33.3 Å². The number of aliphatic hydroxyl groups excluding tert-OH is 2. The summed E-state index contributed by atoms with van der Waals surface area (Å²) in [6.45, 7) is 18.7. The first-order chi connectivity index (χ1) is 59.9. The molecule has 4 aliphatic heterocycles. The number of piperidine rings is 1. The number of nitrogen functional groups attached to an aromatic ring is 1. The Hall–Kier alpha value is -8.36. The Kier molecular flexibility index (Phi) is 39.6. The number of carbonyl (C=O) groups excluding carboxylic acids is 6. The number of nitrogens with two attached hydrogens (primary N) is 2. The number of alkyl carbamates (subject to hydrolysis) is 1. The van der Waals surface area contributed by atoms with Gasteiger partial charge in [-0.05, 0) is 155 Å². The molecule has 1 aliphatic carbocycles. The van der Waals surface area contributed by atoms with Crippen molar-refractivity contribution in [1.29, 1.82) is 0 Å². The first kappa shape index (κ1) is 97.8. The van der Waals surface area contributed by atoms with Gasteiger partial charge in [-0.3, -0.25) is 19.2 Å². The molecule has 5 aromatic rings. The summed E-state index contributed by atoms with van der Waals surface area (Å²) in [6.07, 6.45) is 16.1. The lowest BCUT2D eigenvalue weighted by atomic mass is 9.80. The lowest BCUT2D eigenvalue weighted by Crippen LogP contribution is -2.61. The zero-order chi connectivity index (χ0) is 88.5. The van der Waals surface area contributed by atoms with Crippen LogP contribution < -0.4 is 16.8 Å². The highest BCUT2D eigenvalue weighted by Gasteiger charge is 2.53. The van der Waals surface area contributed by atoms with Crippen LogP contribution in [0.3, 0.4) is 0 Å². The molecule has 0 unspecified atom stereocenters. The number of hydrogen-bond acceptors (Lipinski definition) is 28. The minimum Gasteiger partial charge on any atom is -0.459 e. The number of aromatic nitrogens is 6. The fourth-order valence-corrected chi connectivity index (χ4v) is 16.8. The minimum absolute atomic E-state index is 0.0360. The number of amides is 3. The number of cyclic esters (lactones) is 1. The number of ether oxygens (including phenoxy) is 13. The molecule has 1 saturated carbocycles. The van der Waals surface area contributed by atoms with E-state index in [1.165, 1.54) is 16.8 Å². The van der Waals surface area contributed by atoms with Crippen LogP contribution in [0.2, 0.25) is 0 Å². The molecule has 33 heteroatoms. The van der Waals surface area contributed by atoms with E-state index in [-0.39, 0.29) is 62.6 Å². The maximum atomic E-state index is 14.7. The second kappa shape index (κ2) is 50.3. The number of Topliss-reactive ketones (excluding diaryl/α,β-unsaturated/α-hetero) is 2. The number of esters is 1. The summed E-state index contributed by atoms with van der Waals surface area (Å²) in [5.74, 6) is -7.08. The molecule has 5 aliphatic rings. The molecule has 10 rings (SSSR count). The number of rotatable bonds is 36. The average molecular weight is 1730 g/mol. The number of nitrogens with one attached hydrogen (secondary N) is 2. The van der Waals surface area contributed by atoms with Gasteiger partial charge in [-0.1, -0.05) is 82.4 Å². The highest BCUT2D eigenvalue weighted by Crippen LogP contribution is 2.39. The van der Waals surface area contributed by atoms with Crippen LogP contribution in [-0.2, 0) is 105 Å². The Morgan fingerprint density at radius 1 is 0.702 bits per heavy atom. The number of hydrogen-bond donors (Lipinski definition) is 7. The number of fused-ring (bicyclic) bond motifs is 6. The highest BCUT2D eigenvalue weighted by molar-refractivity contribution is 6.39. The summed E-state index contributed by atoms with van der Waals surface area (Å²) in [6, 6.07) is 8.45. The number of aromatic amines is 1. The molecule has 684 valence electrons. The third kappa shape index (κ3) is 28.8. The van der Waals surface area contributed by atoms with Gasteiger partial charge < -0.3 is 108 Å². The number of ketones is 2. The lowest BCUT2D eigenvalue weighted by Gasteiger charge is -2.42. The molecule has 9 N–H and O–H groups in total.